The number of hydrogen-bond acceptors (Lipinski definition) is 3. The molecular weight excluding hydrogens is 234 g/mol. The average molecular weight is 244 g/mol. The van der Waals surface area contributed by atoms with Crippen molar-refractivity contribution in [1.82, 2.24) is 4.98 Å². The Morgan fingerprint density at radius 2 is 2.38 bits per heavy atom. The molecule has 2 heterocycles. The van der Waals surface area contributed by atoms with Gasteiger partial charge in [-0.2, -0.15) is 0 Å². The Morgan fingerprint density at radius 1 is 1.62 bits per heavy atom. The van der Waals surface area contributed by atoms with Crippen molar-refractivity contribution in [2.24, 2.45) is 0 Å². The highest BCUT2D eigenvalue weighted by molar-refractivity contribution is 9.10. The largest absolute Gasteiger partial charge is 0.388 e. The average Bonchev–Trinajstić information content (AvgIpc) is 2.09. The van der Waals surface area contributed by atoms with E-state index in [4.69, 9.17) is 4.74 Å². The number of aryl methyl sites for hydroxylation is 1. The maximum Gasteiger partial charge on any atom is 0.128 e. The van der Waals surface area contributed by atoms with Gasteiger partial charge in [0.15, 0.2) is 0 Å². The number of aliphatic hydroxyl groups excluding tert-OH is 1. The first-order valence-corrected chi connectivity index (χ1v) is 4.90. The topological polar surface area (TPSA) is 42.4 Å². The van der Waals surface area contributed by atoms with E-state index >= 15 is 0 Å². The number of aliphatic hydroxyl groups is 1. The van der Waals surface area contributed by atoms with Gasteiger partial charge in [0, 0.05) is 4.47 Å². The van der Waals surface area contributed by atoms with Gasteiger partial charge in [0.1, 0.15) is 12.2 Å². The molecule has 0 aromatic carbocycles. The summed E-state index contributed by atoms with van der Waals surface area (Å²) in [6, 6.07) is 3.79. The first-order chi connectivity index (χ1) is 6.18. The molecule has 2 unspecified atom stereocenters. The van der Waals surface area contributed by atoms with Crippen molar-refractivity contribution in [3.8, 4) is 0 Å². The zero-order valence-electron chi connectivity index (χ0n) is 7.20. The number of hydrogen-bond donors (Lipinski definition) is 1. The van der Waals surface area contributed by atoms with Gasteiger partial charge in [0.2, 0.25) is 0 Å². The van der Waals surface area contributed by atoms with Crippen molar-refractivity contribution in [3.63, 3.8) is 0 Å². The summed E-state index contributed by atoms with van der Waals surface area (Å²) < 4.78 is 6.17. The summed E-state index contributed by atoms with van der Waals surface area (Å²) in [6.07, 6.45) is -0.625. The lowest BCUT2D eigenvalue weighted by molar-refractivity contribution is -0.167. The normalized spacial score (nSPS) is 27.0. The van der Waals surface area contributed by atoms with Gasteiger partial charge in [-0.3, -0.25) is 4.98 Å². The fourth-order valence-corrected chi connectivity index (χ4v) is 1.50. The second kappa shape index (κ2) is 3.36. The van der Waals surface area contributed by atoms with E-state index in [-0.39, 0.29) is 6.10 Å². The third-order valence-electron chi connectivity index (χ3n) is 2.13. The SMILES string of the molecule is Cc1nc(C2OCC2O)ccc1Br. The first-order valence-electron chi connectivity index (χ1n) is 4.11. The lowest BCUT2D eigenvalue weighted by Gasteiger charge is -2.32. The molecule has 2 atom stereocenters. The van der Waals surface area contributed by atoms with Crippen molar-refractivity contribution < 1.29 is 9.84 Å². The van der Waals surface area contributed by atoms with Crippen LogP contribution in [0, 0.1) is 6.92 Å². The Bertz CT molecular complexity index is 329. The third-order valence-corrected chi connectivity index (χ3v) is 2.97. The molecule has 0 bridgehead atoms. The molecule has 1 aromatic rings. The molecule has 1 N–H and O–H groups in total. The van der Waals surface area contributed by atoms with Crippen LogP contribution < -0.4 is 0 Å². The molecule has 0 radical (unpaired) electrons. The van der Waals surface area contributed by atoms with Gasteiger partial charge < -0.3 is 9.84 Å². The molecule has 13 heavy (non-hydrogen) atoms. The Labute approximate surface area is 84.9 Å². The van der Waals surface area contributed by atoms with E-state index < -0.39 is 6.10 Å². The first kappa shape index (κ1) is 9.12. The van der Waals surface area contributed by atoms with E-state index in [1.165, 1.54) is 0 Å². The van der Waals surface area contributed by atoms with E-state index in [9.17, 15) is 5.11 Å². The van der Waals surface area contributed by atoms with Crippen molar-refractivity contribution in [2.75, 3.05) is 6.61 Å². The van der Waals surface area contributed by atoms with Crippen LogP contribution in [0.25, 0.3) is 0 Å². The molecule has 0 amide bonds. The standard InChI is InChI=1S/C9H10BrNO2/c1-5-6(10)2-3-7(11-5)9-8(12)4-13-9/h2-3,8-9,12H,4H2,1H3. The summed E-state index contributed by atoms with van der Waals surface area (Å²) >= 11 is 3.37. The second-order valence-corrected chi connectivity index (χ2v) is 3.98. The summed E-state index contributed by atoms with van der Waals surface area (Å²) in [7, 11) is 0. The molecule has 1 aliphatic heterocycles. The predicted molar refractivity (Wildman–Crippen MR) is 51.4 cm³/mol. The van der Waals surface area contributed by atoms with Gasteiger partial charge in [-0.25, -0.2) is 0 Å². The molecule has 4 heteroatoms. The van der Waals surface area contributed by atoms with Crippen LogP contribution in [0.3, 0.4) is 0 Å². The Hall–Kier alpha value is -0.450. The van der Waals surface area contributed by atoms with Crippen LogP contribution in [0.15, 0.2) is 16.6 Å². The molecule has 0 aliphatic carbocycles. The molecule has 3 nitrogen and oxygen atoms in total. The van der Waals surface area contributed by atoms with Crippen LogP contribution in [0.2, 0.25) is 0 Å². The molecule has 1 aliphatic rings. The minimum atomic E-state index is -0.395. The Kier molecular flexibility index (Phi) is 2.36. The Morgan fingerprint density at radius 3 is 2.85 bits per heavy atom. The molecule has 0 spiro atoms. The van der Waals surface area contributed by atoms with Crippen molar-refractivity contribution in [1.29, 1.82) is 0 Å². The van der Waals surface area contributed by atoms with Crippen molar-refractivity contribution >= 4 is 15.9 Å². The quantitative estimate of drug-likeness (QED) is 0.815. The minimum Gasteiger partial charge on any atom is -0.388 e. The van der Waals surface area contributed by atoms with Crippen LogP contribution in [0.5, 0.6) is 0 Å². The van der Waals surface area contributed by atoms with Gasteiger partial charge in [0.25, 0.3) is 0 Å². The van der Waals surface area contributed by atoms with E-state index in [2.05, 4.69) is 20.9 Å². The predicted octanol–water partition coefficient (Wildman–Crippen LogP) is 1.58. The molecule has 0 saturated carbocycles. The summed E-state index contributed by atoms with van der Waals surface area (Å²) in [5, 5.41) is 9.34. The minimum absolute atomic E-state index is 0.230. The van der Waals surface area contributed by atoms with Gasteiger partial charge in [0.05, 0.1) is 18.0 Å². The van der Waals surface area contributed by atoms with Crippen LogP contribution in [-0.4, -0.2) is 22.8 Å². The maximum absolute atomic E-state index is 9.34. The number of pyridine rings is 1. The molecule has 1 fully saturated rings. The second-order valence-electron chi connectivity index (χ2n) is 3.12. The maximum atomic E-state index is 9.34. The highest BCUT2D eigenvalue weighted by atomic mass is 79.9. The van der Waals surface area contributed by atoms with Gasteiger partial charge in [-0.1, -0.05) is 0 Å². The number of aromatic nitrogens is 1. The Balaban J connectivity index is 2.26. The van der Waals surface area contributed by atoms with Crippen LogP contribution in [0.1, 0.15) is 17.5 Å². The molecule has 1 saturated heterocycles. The fourth-order valence-electron chi connectivity index (χ4n) is 1.28. The summed E-state index contributed by atoms with van der Waals surface area (Å²) in [5.41, 5.74) is 1.72. The molecule has 70 valence electrons. The monoisotopic (exact) mass is 243 g/mol. The summed E-state index contributed by atoms with van der Waals surface area (Å²) in [4.78, 5) is 4.31. The lowest BCUT2D eigenvalue weighted by Crippen LogP contribution is -2.37. The lowest BCUT2D eigenvalue weighted by atomic mass is 10.1. The van der Waals surface area contributed by atoms with Crippen LogP contribution in [-0.2, 0) is 4.74 Å². The van der Waals surface area contributed by atoms with E-state index in [1.54, 1.807) is 0 Å². The number of rotatable bonds is 1. The zero-order valence-corrected chi connectivity index (χ0v) is 8.78. The van der Waals surface area contributed by atoms with E-state index in [0.29, 0.717) is 6.61 Å². The molecular formula is C9H10BrNO2. The molecule has 1 aromatic heterocycles. The summed E-state index contributed by atoms with van der Waals surface area (Å²) in [5.74, 6) is 0. The number of nitrogens with zero attached hydrogens (tertiary/aromatic N) is 1. The number of halogens is 1. The van der Waals surface area contributed by atoms with Crippen LogP contribution >= 0.6 is 15.9 Å². The smallest absolute Gasteiger partial charge is 0.128 e. The summed E-state index contributed by atoms with van der Waals surface area (Å²) in [6.45, 7) is 2.33. The van der Waals surface area contributed by atoms with Gasteiger partial charge in [-0.15, -0.1) is 0 Å². The van der Waals surface area contributed by atoms with Gasteiger partial charge >= 0.3 is 0 Å². The highest BCUT2D eigenvalue weighted by Gasteiger charge is 2.32. The van der Waals surface area contributed by atoms with Crippen molar-refractivity contribution in [2.45, 2.75) is 19.1 Å². The van der Waals surface area contributed by atoms with E-state index in [0.717, 1.165) is 15.9 Å². The number of ether oxygens (including phenoxy) is 1. The third kappa shape index (κ3) is 1.61. The van der Waals surface area contributed by atoms with Gasteiger partial charge in [-0.05, 0) is 35.0 Å². The molecule has 2 rings (SSSR count). The van der Waals surface area contributed by atoms with E-state index in [1.807, 2.05) is 19.1 Å². The fraction of sp³-hybridized carbons (Fsp3) is 0.444. The highest BCUT2D eigenvalue weighted by Crippen LogP contribution is 2.29. The van der Waals surface area contributed by atoms with Crippen LogP contribution in [0.4, 0.5) is 0 Å². The van der Waals surface area contributed by atoms with Crippen molar-refractivity contribution in [3.05, 3.63) is 28.0 Å². The zero-order chi connectivity index (χ0) is 9.42.